The highest BCUT2D eigenvalue weighted by Crippen LogP contribution is 2.43. The van der Waals surface area contributed by atoms with E-state index in [0.29, 0.717) is 18.2 Å². The van der Waals surface area contributed by atoms with E-state index in [2.05, 4.69) is 14.9 Å². The number of hydrogen-bond donors (Lipinski definition) is 0. The molecule has 1 fully saturated rings. The molecule has 0 N–H and O–H groups in total. The topological polar surface area (TPSA) is 29.0 Å². The highest BCUT2D eigenvalue weighted by molar-refractivity contribution is 5.29. The second-order valence-corrected chi connectivity index (χ2v) is 6.22. The van der Waals surface area contributed by atoms with Crippen molar-refractivity contribution in [3.63, 3.8) is 0 Å². The van der Waals surface area contributed by atoms with Crippen LogP contribution in [-0.2, 0) is 13.0 Å². The normalized spacial score (nSPS) is 23.6. The van der Waals surface area contributed by atoms with Gasteiger partial charge >= 0.3 is 0 Å². The second kappa shape index (κ2) is 5.09. The molecule has 1 aromatic carbocycles. The number of nitrogens with zero attached hydrogens (tertiary/aromatic N) is 3. The third-order valence-corrected chi connectivity index (χ3v) is 4.74. The molecule has 22 heavy (non-hydrogen) atoms. The second-order valence-electron chi connectivity index (χ2n) is 6.22. The molecule has 114 valence electrons. The van der Waals surface area contributed by atoms with Gasteiger partial charge < -0.3 is 0 Å². The summed E-state index contributed by atoms with van der Waals surface area (Å²) < 4.78 is 26.8. The van der Waals surface area contributed by atoms with E-state index in [4.69, 9.17) is 0 Å². The first-order valence-corrected chi connectivity index (χ1v) is 7.63. The summed E-state index contributed by atoms with van der Waals surface area (Å²) in [6.07, 6.45) is 4.97. The van der Waals surface area contributed by atoms with Crippen molar-refractivity contribution >= 4 is 0 Å². The van der Waals surface area contributed by atoms with Gasteiger partial charge in [0.25, 0.3) is 0 Å². The maximum Gasteiger partial charge on any atom is 0.126 e. The van der Waals surface area contributed by atoms with Gasteiger partial charge in [-0.15, -0.1) is 0 Å². The van der Waals surface area contributed by atoms with Crippen LogP contribution >= 0.6 is 0 Å². The molecule has 0 aliphatic carbocycles. The molecule has 2 aliphatic rings. The summed E-state index contributed by atoms with van der Waals surface area (Å²) in [6, 6.07) is 4.42. The van der Waals surface area contributed by atoms with E-state index in [1.165, 1.54) is 17.7 Å². The van der Waals surface area contributed by atoms with Crippen LogP contribution in [0.4, 0.5) is 8.78 Å². The van der Waals surface area contributed by atoms with E-state index in [0.717, 1.165) is 36.8 Å². The first-order valence-electron chi connectivity index (χ1n) is 7.63. The zero-order valence-corrected chi connectivity index (χ0v) is 12.4. The van der Waals surface area contributed by atoms with Crippen LogP contribution in [0.5, 0.6) is 0 Å². The fourth-order valence-electron chi connectivity index (χ4n) is 3.83. The van der Waals surface area contributed by atoms with E-state index >= 15 is 0 Å². The number of halogens is 2. The quantitative estimate of drug-likeness (QED) is 0.852. The lowest BCUT2D eigenvalue weighted by Gasteiger charge is -2.35. The van der Waals surface area contributed by atoms with E-state index < -0.39 is 11.6 Å². The standard InChI is InChI=1S/C17H17F2N3/c1-10-20-8-15-16(21-10)7-14-2-3-17(15)22(14)9-11-4-12(18)6-13(19)5-11/h4-6,8,14,17H,2-3,7,9H2,1H3/t14-,17-/m0/s1. The van der Waals surface area contributed by atoms with Gasteiger partial charge in [-0.3, -0.25) is 4.90 Å². The molecule has 1 saturated heterocycles. The molecule has 4 rings (SSSR count). The molecule has 0 unspecified atom stereocenters. The molecule has 2 aromatic rings. The fraction of sp³-hybridized carbons (Fsp3) is 0.412. The van der Waals surface area contributed by atoms with Crippen molar-refractivity contribution in [2.75, 3.05) is 0 Å². The Morgan fingerprint density at radius 2 is 1.95 bits per heavy atom. The highest BCUT2D eigenvalue weighted by Gasteiger charge is 2.40. The largest absolute Gasteiger partial charge is 0.289 e. The molecule has 0 radical (unpaired) electrons. The Balaban J connectivity index is 1.65. The van der Waals surface area contributed by atoms with Crippen molar-refractivity contribution in [1.82, 2.24) is 14.9 Å². The summed E-state index contributed by atoms with van der Waals surface area (Å²) in [5, 5.41) is 0. The van der Waals surface area contributed by atoms with Gasteiger partial charge in [-0.25, -0.2) is 18.7 Å². The summed E-state index contributed by atoms with van der Waals surface area (Å²) >= 11 is 0. The molecule has 2 aliphatic heterocycles. The zero-order chi connectivity index (χ0) is 15.3. The third kappa shape index (κ3) is 2.29. The van der Waals surface area contributed by atoms with Crippen LogP contribution in [0.2, 0.25) is 0 Å². The predicted octanol–water partition coefficient (Wildman–Crippen LogP) is 3.33. The molecular weight excluding hydrogens is 284 g/mol. The van der Waals surface area contributed by atoms with Gasteiger partial charge in [-0.05, 0) is 37.5 Å². The summed E-state index contributed by atoms with van der Waals surface area (Å²) in [5.74, 6) is -0.226. The number of fused-ring (bicyclic) bond motifs is 4. The molecule has 1 aromatic heterocycles. The Labute approximate surface area is 128 Å². The lowest BCUT2D eigenvalue weighted by atomic mass is 9.98. The number of aryl methyl sites for hydroxylation is 1. The summed E-state index contributed by atoms with van der Waals surface area (Å²) in [6.45, 7) is 2.47. The third-order valence-electron chi connectivity index (χ3n) is 4.74. The smallest absolute Gasteiger partial charge is 0.126 e. The van der Waals surface area contributed by atoms with Crippen LogP contribution in [0, 0.1) is 18.6 Å². The van der Waals surface area contributed by atoms with Crippen molar-refractivity contribution in [1.29, 1.82) is 0 Å². The Bertz CT molecular complexity index is 712. The van der Waals surface area contributed by atoms with E-state index in [1.54, 1.807) is 0 Å². The first-order chi connectivity index (χ1) is 10.6. The number of aromatic nitrogens is 2. The summed E-state index contributed by atoms with van der Waals surface area (Å²) in [5.41, 5.74) is 3.00. The maximum absolute atomic E-state index is 13.4. The monoisotopic (exact) mass is 301 g/mol. The fourth-order valence-corrected chi connectivity index (χ4v) is 3.83. The van der Waals surface area contributed by atoms with Crippen LogP contribution in [0.25, 0.3) is 0 Å². The molecule has 2 atom stereocenters. The summed E-state index contributed by atoms with van der Waals surface area (Å²) in [7, 11) is 0. The molecular formula is C17H17F2N3. The molecule has 2 bridgehead atoms. The van der Waals surface area contributed by atoms with Gasteiger partial charge in [0.2, 0.25) is 0 Å². The molecule has 0 spiro atoms. The Morgan fingerprint density at radius 3 is 2.73 bits per heavy atom. The summed E-state index contributed by atoms with van der Waals surface area (Å²) in [4.78, 5) is 11.2. The maximum atomic E-state index is 13.4. The molecule has 3 nitrogen and oxygen atoms in total. The number of hydrogen-bond acceptors (Lipinski definition) is 3. The van der Waals surface area contributed by atoms with E-state index in [1.807, 2.05) is 13.1 Å². The predicted molar refractivity (Wildman–Crippen MR) is 78.1 cm³/mol. The van der Waals surface area contributed by atoms with Gasteiger partial charge in [0.1, 0.15) is 17.5 Å². The van der Waals surface area contributed by atoms with Gasteiger partial charge in [0, 0.05) is 42.9 Å². The van der Waals surface area contributed by atoms with Gasteiger partial charge in [0.05, 0.1) is 5.69 Å². The average Bonchev–Trinajstić information content (AvgIpc) is 2.72. The average molecular weight is 301 g/mol. The van der Waals surface area contributed by atoms with Crippen LogP contribution < -0.4 is 0 Å². The zero-order valence-electron chi connectivity index (χ0n) is 12.4. The van der Waals surface area contributed by atoms with E-state index in [9.17, 15) is 8.78 Å². The van der Waals surface area contributed by atoms with Gasteiger partial charge in [-0.2, -0.15) is 0 Å². The van der Waals surface area contributed by atoms with Crippen molar-refractivity contribution in [3.8, 4) is 0 Å². The number of benzene rings is 1. The van der Waals surface area contributed by atoms with Gasteiger partial charge in [-0.1, -0.05) is 0 Å². The first kappa shape index (κ1) is 13.8. The van der Waals surface area contributed by atoms with Gasteiger partial charge in [0.15, 0.2) is 0 Å². The van der Waals surface area contributed by atoms with Crippen molar-refractivity contribution in [3.05, 3.63) is 58.7 Å². The van der Waals surface area contributed by atoms with Crippen molar-refractivity contribution < 1.29 is 8.78 Å². The highest BCUT2D eigenvalue weighted by atomic mass is 19.1. The lowest BCUT2D eigenvalue weighted by Crippen LogP contribution is -2.37. The van der Waals surface area contributed by atoms with Crippen LogP contribution in [0.3, 0.4) is 0 Å². The lowest BCUT2D eigenvalue weighted by molar-refractivity contribution is 0.165. The Morgan fingerprint density at radius 1 is 1.18 bits per heavy atom. The Hall–Kier alpha value is -1.88. The molecule has 0 saturated carbocycles. The SMILES string of the molecule is Cc1ncc2c(n1)C[C@@H]1CC[C@@H]2N1Cc1cc(F)cc(F)c1. The molecule has 0 amide bonds. The van der Waals surface area contributed by atoms with Crippen LogP contribution in [0.15, 0.2) is 24.4 Å². The molecule has 5 heteroatoms. The Kier molecular flexibility index (Phi) is 3.18. The van der Waals surface area contributed by atoms with Crippen LogP contribution in [-0.4, -0.2) is 20.9 Å². The minimum Gasteiger partial charge on any atom is -0.289 e. The minimum absolute atomic E-state index is 0.265. The van der Waals surface area contributed by atoms with Crippen LogP contribution in [0.1, 0.15) is 41.5 Å². The number of rotatable bonds is 2. The molecule has 3 heterocycles. The van der Waals surface area contributed by atoms with Crippen molar-refractivity contribution in [2.45, 2.75) is 44.8 Å². The minimum atomic E-state index is -0.515. The van der Waals surface area contributed by atoms with E-state index in [-0.39, 0.29) is 6.04 Å². The van der Waals surface area contributed by atoms with Crippen molar-refractivity contribution in [2.24, 2.45) is 0 Å².